The first kappa shape index (κ1) is 19.4. The third-order valence-corrected chi connectivity index (χ3v) is 3.26. The first-order chi connectivity index (χ1) is 12.4. The van der Waals surface area contributed by atoms with Crippen LogP contribution >= 0.6 is 11.6 Å². The lowest BCUT2D eigenvalue weighted by Gasteiger charge is -2.11. The molecular formula is C18H14ClF2NO4. The monoisotopic (exact) mass is 381 g/mol. The van der Waals surface area contributed by atoms with Crippen LogP contribution in [-0.4, -0.2) is 25.1 Å². The van der Waals surface area contributed by atoms with Gasteiger partial charge in [-0.15, -0.1) is 0 Å². The van der Waals surface area contributed by atoms with Gasteiger partial charge in [0.1, 0.15) is 5.75 Å². The lowest BCUT2D eigenvalue weighted by molar-refractivity contribution is -0.142. The number of hydrogen-bond acceptors (Lipinski definition) is 4. The van der Waals surface area contributed by atoms with Crippen LogP contribution in [0.15, 0.2) is 54.6 Å². The minimum Gasteiger partial charge on any atom is -0.452 e. The summed E-state index contributed by atoms with van der Waals surface area (Å²) in [7, 11) is 0. The minimum absolute atomic E-state index is 0.0468. The van der Waals surface area contributed by atoms with Crippen LogP contribution in [-0.2, 0) is 14.3 Å². The third-order valence-electron chi connectivity index (χ3n) is 3.00. The highest BCUT2D eigenvalue weighted by Crippen LogP contribution is 2.25. The van der Waals surface area contributed by atoms with Crippen molar-refractivity contribution in [3.8, 4) is 5.75 Å². The van der Waals surface area contributed by atoms with E-state index in [4.69, 9.17) is 16.3 Å². The molecule has 0 radical (unpaired) electrons. The number of benzene rings is 2. The van der Waals surface area contributed by atoms with Gasteiger partial charge in [0.2, 0.25) is 0 Å². The van der Waals surface area contributed by atoms with Gasteiger partial charge in [0.05, 0.1) is 5.69 Å². The van der Waals surface area contributed by atoms with Crippen molar-refractivity contribution in [2.75, 3.05) is 11.9 Å². The van der Waals surface area contributed by atoms with Gasteiger partial charge >= 0.3 is 12.6 Å². The molecule has 0 atom stereocenters. The van der Waals surface area contributed by atoms with Gasteiger partial charge in [-0.05, 0) is 35.9 Å². The van der Waals surface area contributed by atoms with Crippen molar-refractivity contribution in [3.05, 3.63) is 65.2 Å². The molecule has 0 heterocycles. The predicted octanol–water partition coefficient (Wildman–Crippen LogP) is 4.14. The van der Waals surface area contributed by atoms with Gasteiger partial charge in [-0.1, -0.05) is 35.9 Å². The van der Waals surface area contributed by atoms with E-state index in [1.165, 1.54) is 30.3 Å². The molecule has 0 unspecified atom stereocenters. The number of halogens is 3. The van der Waals surface area contributed by atoms with Crippen molar-refractivity contribution < 1.29 is 27.8 Å². The molecule has 0 aliphatic heterocycles. The van der Waals surface area contributed by atoms with E-state index in [9.17, 15) is 18.4 Å². The fourth-order valence-corrected chi connectivity index (χ4v) is 2.00. The molecule has 0 spiro atoms. The topological polar surface area (TPSA) is 64.6 Å². The smallest absolute Gasteiger partial charge is 0.387 e. The average Bonchev–Trinajstić information content (AvgIpc) is 2.61. The number of para-hydroxylation sites is 2. The first-order valence-electron chi connectivity index (χ1n) is 7.38. The second-order valence-electron chi connectivity index (χ2n) is 4.92. The van der Waals surface area contributed by atoms with Crippen LogP contribution in [0.5, 0.6) is 5.75 Å². The Morgan fingerprint density at radius 3 is 2.50 bits per heavy atom. The van der Waals surface area contributed by atoms with E-state index in [-0.39, 0.29) is 11.4 Å². The number of carbonyl (C=O) groups is 2. The lowest BCUT2D eigenvalue weighted by Crippen LogP contribution is -2.20. The Hall–Kier alpha value is -2.93. The minimum atomic E-state index is -3.02. The molecule has 1 amide bonds. The molecule has 0 aliphatic carbocycles. The zero-order valence-corrected chi connectivity index (χ0v) is 14.1. The molecule has 2 aromatic rings. The average molecular weight is 382 g/mol. The van der Waals surface area contributed by atoms with Gasteiger partial charge in [0.15, 0.2) is 6.61 Å². The fourth-order valence-electron chi connectivity index (χ4n) is 1.88. The molecule has 8 heteroatoms. The van der Waals surface area contributed by atoms with Gasteiger partial charge < -0.3 is 14.8 Å². The van der Waals surface area contributed by atoms with E-state index < -0.39 is 25.1 Å². The highest BCUT2D eigenvalue weighted by molar-refractivity contribution is 6.30. The molecule has 1 N–H and O–H groups in total. The van der Waals surface area contributed by atoms with Crippen molar-refractivity contribution in [2.24, 2.45) is 0 Å². The maximum Gasteiger partial charge on any atom is 0.387 e. The van der Waals surface area contributed by atoms with Crippen LogP contribution in [0, 0.1) is 0 Å². The summed E-state index contributed by atoms with van der Waals surface area (Å²) in [6.45, 7) is -3.60. The molecule has 0 saturated carbocycles. The Bertz CT molecular complexity index is 794. The molecule has 0 aromatic heterocycles. The number of anilines is 1. The normalized spacial score (nSPS) is 10.8. The van der Waals surface area contributed by atoms with Crippen LogP contribution in [0.25, 0.3) is 6.08 Å². The molecule has 26 heavy (non-hydrogen) atoms. The number of amides is 1. The first-order valence-corrected chi connectivity index (χ1v) is 7.76. The summed E-state index contributed by atoms with van der Waals surface area (Å²) >= 11 is 5.75. The quantitative estimate of drug-likeness (QED) is 0.578. The maximum absolute atomic E-state index is 12.3. The van der Waals surface area contributed by atoms with Crippen LogP contribution in [0.2, 0.25) is 5.02 Å². The Morgan fingerprint density at radius 1 is 1.12 bits per heavy atom. The summed E-state index contributed by atoms with van der Waals surface area (Å²) in [5.41, 5.74) is 0.777. The Kier molecular flexibility index (Phi) is 7.11. The summed E-state index contributed by atoms with van der Waals surface area (Å²) in [6, 6.07) is 12.4. The van der Waals surface area contributed by atoms with Gasteiger partial charge in [0.25, 0.3) is 5.91 Å². The molecule has 0 aliphatic rings. The lowest BCUT2D eigenvalue weighted by atomic mass is 10.2. The molecule has 0 saturated heterocycles. The SMILES string of the molecule is O=C(COC(=O)/C=C/c1ccc(Cl)cc1)Nc1ccccc1OC(F)F. The van der Waals surface area contributed by atoms with E-state index in [2.05, 4.69) is 10.1 Å². The van der Waals surface area contributed by atoms with Crippen LogP contribution in [0.1, 0.15) is 5.56 Å². The molecule has 2 rings (SSSR count). The second kappa shape index (κ2) is 9.53. The largest absolute Gasteiger partial charge is 0.452 e. The predicted molar refractivity (Wildman–Crippen MR) is 93.1 cm³/mol. The van der Waals surface area contributed by atoms with Gasteiger partial charge in [0, 0.05) is 11.1 Å². The molecular weight excluding hydrogens is 368 g/mol. The van der Waals surface area contributed by atoms with Crippen LogP contribution in [0.3, 0.4) is 0 Å². The Labute approximate surface area is 153 Å². The van der Waals surface area contributed by atoms with Crippen molar-refractivity contribution in [1.82, 2.24) is 0 Å². The van der Waals surface area contributed by atoms with Crippen molar-refractivity contribution >= 4 is 35.2 Å². The standard InChI is InChI=1S/C18H14ClF2NO4/c19-13-8-5-12(6-9-13)7-10-17(24)25-11-16(23)22-14-3-1-2-4-15(14)26-18(20)21/h1-10,18H,11H2,(H,22,23)/b10-7+. The number of nitrogens with one attached hydrogen (secondary N) is 1. The Morgan fingerprint density at radius 2 is 1.81 bits per heavy atom. The highest BCUT2D eigenvalue weighted by atomic mass is 35.5. The zero-order valence-electron chi connectivity index (χ0n) is 13.3. The maximum atomic E-state index is 12.3. The number of rotatable bonds is 7. The molecule has 0 bridgehead atoms. The van der Waals surface area contributed by atoms with Gasteiger partial charge in [-0.25, -0.2) is 4.79 Å². The summed E-state index contributed by atoms with van der Waals surface area (Å²) in [5.74, 6) is -1.61. The van der Waals surface area contributed by atoms with E-state index >= 15 is 0 Å². The Balaban J connectivity index is 1.85. The fraction of sp³-hybridized carbons (Fsp3) is 0.111. The summed E-state index contributed by atoms with van der Waals surface area (Å²) in [6.07, 6.45) is 2.66. The van der Waals surface area contributed by atoms with Crippen molar-refractivity contribution in [1.29, 1.82) is 0 Å². The molecule has 136 valence electrons. The number of alkyl halides is 2. The van der Waals surface area contributed by atoms with Gasteiger partial charge in [-0.3, -0.25) is 4.79 Å². The van der Waals surface area contributed by atoms with E-state index in [1.54, 1.807) is 24.3 Å². The van der Waals surface area contributed by atoms with E-state index in [1.807, 2.05) is 0 Å². The summed E-state index contributed by atoms with van der Waals surface area (Å²) in [5, 5.41) is 2.91. The second-order valence-corrected chi connectivity index (χ2v) is 5.35. The summed E-state index contributed by atoms with van der Waals surface area (Å²) < 4.78 is 33.7. The molecule has 5 nitrogen and oxygen atoms in total. The van der Waals surface area contributed by atoms with Crippen LogP contribution < -0.4 is 10.1 Å². The van der Waals surface area contributed by atoms with E-state index in [0.717, 1.165) is 11.6 Å². The number of esters is 1. The van der Waals surface area contributed by atoms with Gasteiger partial charge in [-0.2, -0.15) is 8.78 Å². The third kappa shape index (κ3) is 6.52. The van der Waals surface area contributed by atoms with Crippen LogP contribution in [0.4, 0.5) is 14.5 Å². The van der Waals surface area contributed by atoms with Crippen molar-refractivity contribution in [3.63, 3.8) is 0 Å². The highest BCUT2D eigenvalue weighted by Gasteiger charge is 2.12. The number of carbonyl (C=O) groups excluding carboxylic acids is 2. The number of hydrogen-bond donors (Lipinski definition) is 1. The zero-order chi connectivity index (χ0) is 18.9. The molecule has 2 aromatic carbocycles. The number of ether oxygens (including phenoxy) is 2. The van der Waals surface area contributed by atoms with Crippen molar-refractivity contribution in [2.45, 2.75) is 6.61 Å². The summed E-state index contributed by atoms with van der Waals surface area (Å²) in [4.78, 5) is 23.4. The molecule has 0 fully saturated rings. The van der Waals surface area contributed by atoms with E-state index in [0.29, 0.717) is 5.02 Å².